The minimum atomic E-state index is -0.970. The van der Waals surface area contributed by atoms with E-state index >= 15 is 0 Å². The fourth-order valence-electron chi connectivity index (χ4n) is 7.90. The van der Waals surface area contributed by atoms with Crippen LogP contribution in [0.1, 0.15) is 81.8 Å². The highest BCUT2D eigenvalue weighted by atomic mass is 35.5. The second kappa shape index (κ2) is 18.5. The van der Waals surface area contributed by atoms with E-state index in [0.717, 1.165) is 44.1 Å². The summed E-state index contributed by atoms with van der Waals surface area (Å²) in [7, 11) is 0. The fraction of sp³-hybridized carbons (Fsp3) is 0.615. The van der Waals surface area contributed by atoms with Gasteiger partial charge in [0.05, 0.1) is 12.8 Å². The van der Waals surface area contributed by atoms with Gasteiger partial charge in [-0.3, -0.25) is 33.9 Å². The number of carbonyl (C=O) groups excluding carboxylic acids is 5. The zero-order chi connectivity index (χ0) is 39.0. The molecule has 1 aromatic heterocycles. The highest BCUT2D eigenvalue weighted by Crippen LogP contribution is 2.35. The van der Waals surface area contributed by atoms with Crippen LogP contribution >= 0.6 is 11.6 Å². The maximum Gasteiger partial charge on any atom is 0.272 e. The average Bonchev–Trinajstić information content (AvgIpc) is 3.14. The summed E-state index contributed by atoms with van der Waals surface area (Å²) in [5, 5.41) is 16.5. The molecule has 2 aromatic rings. The number of rotatable bonds is 14. The zero-order valence-corrected chi connectivity index (χ0v) is 32.3. The number of benzene rings is 1. The number of hydrogen-bond acceptors (Lipinski definition) is 9. The molecule has 15 heteroatoms. The first kappa shape index (κ1) is 41.0. The molecule has 54 heavy (non-hydrogen) atoms. The van der Waals surface area contributed by atoms with E-state index in [2.05, 4.69) is 20.6 Å². The molecule has 14 nitrogen and oxygen atoms in total. The van der Waals surface area contributed by atoms with E-state index in [1.807, 2.05) is 37.8 Å². The third kappa shape index (κ3) is 10.3. The number of nitrogens with zero attached hydrogens (tertiary/aromatic N) is 5. The Kier molecular flexibility index (Phi) is 14.0. The Hall–Kier alpha value is -4.14. The van der Waals surface area contributed by atoms with Gasteiger partial charge in [-0.1, -0.05) is 63.8 Å². The molecule has 1 saturated heterocycles. The molecule has 2 unspecified atom stereocenters. The van der Waals surface area contributed by atoms with Crippen molar-refractivity contribution in [1.82, 2.24) is 35.3 Å². The van der Waals surface area contributed by atoms with Gasteiger partial charge >= 0.3 is 0 Å². The van der Waals surface area contributed by atoms with E-state index in [4.69, 9.17) is 17.3 Å². The van der Waals surface area contributed by atoms with Crippen LogP contribution in [-0.2, 0) is 25.7 Å². The number of carbonyl (C=O) groups is 5. The van der Waals surface area contributed by atoms with Gasteiger partial charge in [-0.25, -0.2) is 4.98 Å². The molecule has 0 radical (unpaired) electrons. The van der Waals surface area contributed by atoms with Crippen LogP contribution in [0.2, 0.25) is 5.02 Å². The Morgan fingerprint density at radius 3 is 2.31 bits per heavy atom. The highest BCUT2D eigenvalue weighted by molar-refractivity contribution is 6.30. The number of primary amides is 1. The third-order valence-electron chi connectivity index (χ3n) is 11.2. The monoisotopic (exact) mass is 766 g/mol. The van der Waals surface area contributed by atoms with Gasteiger partial charge in [0, 0.05) is 62.6 Å². The number of nitrogens with two attached hydrogens (primary N) is 1. The minimum absolute atomic E-state index is 0.0506. The predicted molar refractivity (Wildman–Crippen MR) is 203 cm³/mol. The van der Waals surface area contributed by atoms with Crippen molar-refractivity contribution >= 4 is 41.1 Å². The lowest BCUT2D eigenvalue weighted by atomic mass is 9.73. The van der Waals surface area contributed by atoms with Crippen LogP contribution in [0, 0.1) is 23.2 Å². The van der Waals surface area contributed by atoms with Crippen molar-refractivity contribution < 1.29 is 29.1 Å². The molecule has 2 saturated carbocycles. The summed E-state index contributed by atoms with van der Waals surface area (Å²) in [5.74, 6) is -2.48. The van der Waals surface area contributed by atoms with Crippen LogP contribution in [0.4, 0.5) is 0 Å². The van der Waals surface area contributed by atoms with Crippen LogP contribution in [0.15, 0.2) is 42.9 Å². The molecule has 0 spiro atoms. The van der Waals surface area contributed by atoms with Crippen LogP contribution in [-0.4, -0.2) is 117 Å². The second-order valence-corrected chi connectivity index (χ2v) is 16.4. The SMILES string of the molecule is CC(C)(C)[C@H](NC(=O)C(NC(=O)c1cnccn1)C1CCCCC1)C(=O)N1CCN(Cc2ccc(Cl)cc2)[C@@H](C(=O)N(CCO)CC2CC[C@@H]2C(N)=O)C1. The summed E-state index contributed by atoms with van der Waals surface area (Å²) in [6.45, 7) is 6.85. The number of aliphatic hydroxyl groups is 1. The van der Waals surface area contributed by atoms with E-state index in [1.165, 1.54) is 18.6 Å². The molecule has 2 heterocycles. The number of amides is 5. The van der Waals surface area contributed by atoms with Gasteiger partial charge in [0.25, 0.3) is 5.91 Å². The van der Waals surface area contributed by atoms with E-state index in [1.54, 1.807) is 21.9 Å². The van der Waals surface area contributed by atoms with Crippen LogP contribution < -0.4 is 16.4 Å². The van der Waals surface area contributed by atoms with Crippen LogP contribution in [0.3, 0.4) is 0 Å². The first-order valence-electron chi connectivity index (χ1n) is 19.1. The minimum Gasteiger partial charge on any atom is -0.395 e. The molecule has 5 atom stereocenters. The maximum atomic E-state index is 14.6. The molecule has 0 bridgehead atoms. The smallest absolute Gasteiger partial charge is 0.272 e. The fourth-order valence-corrected chi connectivity index (χ4v) is 8.02. The number of aliphatic hydroxyl groups excluding tert-OH is 1. The number of halogens is 1. The summed E-state index contributed by atoms with van der Waals surface area (Å²) in [5.41, 5.74) is 5.94. The molecule has 5 N–H and O–H groups in total. The van der Waals surface area contributed by atoms with Crippen molar-refractivity contribution in [3.8, 4) is 0 Å². The summed E-state index contributed by atoms with van der Waals surface area (Å²) in [6, 6.07) is 4.76. The molecule has 1 aliphatic heterocycles. The van der Waals surface area contributed by atoms with E-state index in [9.17, 15) is 29.1 Å². The Labute approximate surface area is 322 Å². The third-order valence-corrected chi connectivity index (χ3v) is 11.4. The Balaban J connectivity index is 1.38. The van der Waals surface area contributed by atoms with Crippen molar-refractivity contribution in [2.24, 2.45) is 28.9 Å². The number of hydrogen-bond donors (Lipinski definition) is 4. The molecule has 5 rings (SSSR count). The first-order chi connectivity index (χ1) is 25.8. The molecular weight excluding hydrogens is 712 g/mol. The Bertz CT molecular complexity index is 1620. The summed E-state index contributed by atoms with van der Waals surface area (Å²) in [6.07, 6.45) is 10.1. The lowest BCUT2D eigenvalue weighted by Crippen LogP contribution is -2.65. The molecular formula is C39H55ClN8O6. The van der Waals surface area contributed by atoms with E-state index < -0.39 is 41.3 Å². The first-order valence-corrected chi connectivity index (χ1v) is 19.5. The topological polar surface area (TPSA) is 191 Å². The Morgan fingerprint density at radius 1 is 1.00 bits per heavy atom. The van der Waals surface area contributed by atoms with Gasteiger partial charge in [-0.05, 0) is 60.6 Å². The number of aromatic nitrogens is 2. The summed E-state index contributed by atoms with van der Waals surface area (Å²) >= 11 is 6.15. The standard InChI is InChI=1S/C39H55ClN8O6/c1-39(2,3)33(45-36(52)32(26-7-5-4-6-8-26)44-35(51)30-21-42-15-16-43-30)38(54)47-18-17-46(22-25-9-12-28(40)13-10-25)31(24-47)37(53)48(19-20-49)23-27-11-14-29(27)34(41)50/h9-10,12-13,15-16,21,26-27,29,31-33,49H,4-8,11,14,17-20,22-24H2,1-3H3,(H2,41,50)(H,44,51)(H,45,52)/t27?,29-,31+,32?,33+/m0/s1. The van der Waals surface area contributed by atoms with Crippen molar-refractivity contribution in [2.45, 2.75) is 90.4 Å². The Morgan fingerprint density at radius 2 is 1.72 bits per heavy atom. The zero-order valence-electron chi connectivity index (χ0n) is 31.6. The van der Waals surface area contributed by atoms with Gasteiger partial charge in [-0.2, -0.15) is 0 Å². The van der Waals surface area contributed by atoms with Crippen molar-refractivity contribution in [1.29, 1.82) is 0 Å². The largest absolute Gasteiger partial charge is 0.395 e. The predicted octanol–water partition coefficient (Wildman–Crippen LogP) is 2.39. The molecule has 3 aliphatic rings. The second-order valence-electron chi connectivity index (χ2n) is 16.0. The molecule has 294 valence electrons. The number of piperazine rings is 1. The van der Waals surface area contributed by atoms with Crippen molar-refractivity contribution in [3.63, 3.8) is 0 Å². The van der Waals surface area contributed by atoms with Gasteiger partial charge in [0.15, 0.2) is 0 Å². The van der Waals surface area contributed by atoms with Crippen molar-refractivity contribution in [3.05, 3.63) is 59.1 Å². The lowest BCUT2D eigenvalue weighted by Gasteiger charge is -2.45. The van der Waals surface area contributed by atoms with Gasteiger partial charge in [0.2, 0.25) is 23.6 Å². The van der Waals surface area contributed by atoms with Crippen LogP contribution in [0.25, 0.3) is 0 Å². The normalized spacial score (nSPS) is 22.0. The quantitative estimate of drug-likeness (QED) is 0.224. The van der Waals surface area contributed by atoms with E-state index in [-0.39, 0.29) is 61.5 Å². The molecule has 5 amide bonds. The van der Waals surface area contributed by atoms with Gasteiger partial charge < -0.3 is 31.3 Å². The summed E-state index contributed by atoms with van der Waals surface area (Å²) < 4.78 is 0. The highest BCUT2D eigenvalue weighted by Gasteiger charge is 2.44. The average molecular weight is 767 g/mol. The van der Waals surface area contributed by atoms with Crippen LogP contribution in [0.5, 0.6) is 0 Å². The molecule has 1 aromatic carbocycles. The maximum absolute atomic E-state index is 14.6. The number of nitrogens with one attached hydrogen (secondary N) is 2. The molecule has 3 fully saturated rings. The van der Waals surface area contributed by atoms with Gasteiger partial charge in [0.1, 0.15) is 23.8 Å². The molecule has 2 aliphatic carbocycles. The summed E-state index contributed by atoms with van der Waals surface area (Å²) in [4.78, 5) is 81.9. The van der Waals surface area contributed by atoms with E-state index in [0.29, 0.717) is 31.1 Å². The lowest BCUT2D eigenvalue weighted by molar-refractivity contribution is -0.149. The van der Waals surface area contributed by atoms with Crippen molar-refractivity contribution in [2.75, 3.05) is 39.3 Å². The van der Waals surface area contributed by atoms with Gasteiger partial charge in [-0.15, -0.1) is 0 Å².